The predicted molar refractivity (Wildman–Crippen MR) is 101 cm³/mol. The minimum Gasteiger partial charge on any atom is -0.369 e. The zero-order chi connectivity index (χ0) is 17.6. The zero-order valence-corrected chi connectivity index (χ0v) is 16.2. The van der Waals surface area contributed by atoms with E-state index in [-0.39, 0.29) is 11.2 Å². The second kappa shape index (κ2) is 6.76. The molecule has 2 fully saturated rings. The lowest BCUT2D eigenvalue weighted by atomic mass is 9.84. The normalized spacial score (nSPS) is 27.5. The Hall–Kier alpha value is -1.34. The van der Waals surface area contributed by atoms with Crippen LogP contribution in [0.3, 0.4) is 0 Å². The van der Waals surface area contributed by atoms with Gasteiger partial charge in [-0.2, -0.15) is 0 Å². The number of thioether (sulfide) groups is 1. The van der Waals surface area contributed by atoms with Gasteiger partial charge in [-0.25, -0.2) is 0 Å². The van der Waals surface area contributed by atoms with Crippen LogP contribution in [-0.4, -0.2) is 25.9 Å². The Bertz CT molecular complexity index is 757. The van der Waals surface area contributed by atoms with Gasteiger partial charge in [-0.3, -0.25) is 9.36 Å². The van der Waals surface area contributed by atoms with Gasteiger partial charge in [0.2, 0.25) is 5.91 Å². The van der Waals surface area contributed by atoms with Crippen molar-refractivity contribution in [1.29, 1.82) is 0 Å². The number of fused-ring (bicyclic) bond motifs is 2. The topological polar surface area (TPSA) is 73.8 Å². The molecule has 2 N–H and O–H groups in total. The fourth-order valence-corrected chi connectivity index (χ4v) is 6.18. The van der Waals surface area contributed by atoms with Gasteiger partial charge in [0.1, 0.15) is 0 Å². The van der Waals surface area contributed by atoms with Crippen LogP contribution in [-0.2, 0) is 4.79 Å². The van der Waals surface area contributed by atoms with E-state index >= 15 is 0 Å². The first kappa shape index (κ1) is 17.1. The van der Waals surface area contributed by atoms with Gasteiger partial charge in [0, 0.05) is 6.04 Å². The molecule has 5 atom stereocenters. The molecule has 2 aromatic rings. The van der Waals surface area contributed by atoms with Crippen molar-refractivity contribution in [1.82, 2.24) is 14.8 Å². The van der Waals surface area contributed by atoms with Crippen LogP contribution in [0.25, 0.3) is 10.7 Å². The van der Waals surface area contributed by atoms with E-state index in [1.807, 2.05) is 13.0 Å². The molecule has 5 unspecified atom stereocenters. The SMILES string of the molecule is CC(Sc1nnc(-c2cccs2)n1C(C)C1CC2CCC1C2)C(N)=O. The molecule has 2 aromatic heterocycles. The van der Waals surface area contributed by atoms with Crippen LogP contribution in [0.15, 0.2) is 22.7 Å². The highest BCUT2D eigenvalue weighted by molar-refractivity contribution is 8.00. The van der Waals surface area contributed by atoms with Crippen LogP contribution in [0.2, 0.25) is 0 Å². The molecule has 0 aliphatic heterocycles. The number of carbonyl (C=O) groups excluding carboxylic acids is 1. The van der Waals surface area contributed by atoms with Gasteiger partial charge in [0.25, 0.3) is 0 Å². The number of rotatable bonds is 6. The summed E-state index contributed by atoms with van der Waals surface area (Å²) in [4.78, 5) is 12.7. The van der Waals surface area contributed by atoms with Gasteiger partial charge in [-0.15, -0.1) is 21.5 Å². The molecular formula is C18H24N4OS2. The summed E-state index contributed by atoms with van der Waals surface area (Å²) < 4.78 is 2.27. The van der Waals surface area contributed by atoms with Crippen molar-refractivity contribution in [3.05, 3.63) is 17.5 Å². The van der Waals surface area contributed by atoms with E-state index in [1.54, 1.807) is 11.3 Å². The third kappa shape index (κ3) is 3.12. The number of nitrogens with zero attached hydrogens (tertiary/aromatic N) is 3. The molecule has 2 aliphatic carbocycles. The molecule has 1 amide bonds. The van der Waals surface area contributed by atoms with Crippen molar-refractivity contribution in [3.8, 4) is 10.7 Å². The lowest BCUT2D eigenvalue weighted by Crippen LogP contribution is -2.25. The molecule has 7 heteroatoms. The van der Waals surface area contributed by atoms with Crippen LogP contribution in [0, 0.1) is 17.8 Å². The summed E-state index contributed by atoms with van der Waals surface area (Å²) in [6.45, 7) is 4.13. The second-order valence-corrected chi connectivity index (χ2v) is 9.65. The van der Waals surface area contributed by atoms with Gasteiger partial charge in [-0.05, 0) is 62.3 Å². The second-order valence-electron chi connectivity index (χ2n) is 7.40. The molecule has 0 spiro atoms. The van der Waals surface area contributed by atoms with Crippen molar-refractivity contribution in [2.45, 2.75) is 56.0 Å². The molecule has 0 radical (unpaired) electrons. The van der Waals surface area contributed by atoms with E-state index in [0.717, 1.165) is 27.7 Å². The molecule has 2 bridgehead atoms. The molecule has 2 aliphatic rings. The summed E-state index contributed by atoms with van der Waals surface area (Å²) in [6.07, 6.45) is 5.44. The first-order chi connectivity index (χ1) is 12.0. The van der Waals surface area contributed by atoms with Crippen LogP contribution in [0.5, 0.6) is 0 Å². The Morgan fingerprint density at radius 1 is 1.36 bits per heavy atom. The van der Waals surface area contributed by atoms with E-state index in [9.17, 15) is 4.79 Å². The zero-order valence-electron chi connectivity index (χ0n) is 14.6. The number of primary amides is 1. The minimum absolute atomic E-state index is 0.314. The van der Waals surface area contributed by atoms with Gasteiger partial charge in [0.15, 0.2) is 11.0 Å². The maximum Gasteiger partial charge on any atom is 0.230 e. The van der Waals surface area contributed by atoms with Crippen molar-refractivity contribution in [3.63, 3.8) is 0 Å². The van der Waals surface area contributed by atoms with Gasteiger partial charge < -0.3 is 5.73 Å². The highest BCUT2D eigenvalue weighted by Crippen LogP contribution is 2.53. The third-order valence-corrected chi connectivity index (χ3v) is 7.85. The molecular weight excluding hydrogens is 352 g/mol. The predicted octanol–water partition coefficient (Wildman–Crippen LogP) is 3.97. The third-order valence-electron chi connectivity index (χ3n) is 5.91. The minimum atomic E-state index is -0.315. The molecule has 0 aromatic carbocycles. The fraction of sp³-hybridized carbons (Fsp3) is 0.611. The van der Waals surface area contributed by atoms with Crippen molar-refractivity contribution in [2.75, 3.05) is 0 Å². The van der Waals surface area contributed by atoms with Gasteiger partial charge in [-0.1, -0.05) is 24.2 Å². The van der Waals surface area contributed by atoms with Crippen LogP contribution >= 0.6 is 23.1 Å². The lowest BCUT2D eigenvalue weighted by molar-refractivity contribution is -0.117. The highest BCUT2D eigenvalue weighted by Gasteiger charge is 2.43. The number of hydrogen-bond donors (Lipinski definition) is 1. The lowest BCUT2D eigenvalue weighted by Gasteiger charge is -2.30. The number of hydrogen-bond acceptors (Lipinski definition) is 5. The largest absolute Gasteiger partial charge is 0.369 e. The summed E-state index contributed by atoms with van der Waals surface area (Å²) in [7, 11) is 0. The smallest absolute Gasteiger partial charge is 0.230 e. The maximum atomic E-state index is 11.5. The molecule has 25 heavy (non-hydrogen) atoms. The molecule has 5 nitrogen and oxygen atoms in total. The van der Waals surface area contributed by atoms with E-state index in [2.05, 4.69) is 33.1 Å². The van der Waals surface area contributed by atoms with E-state index in [4.69, 9.17) is 5.73 Å². The number of carbonyl (C=O) groups is 1. The Morgan fingerprint density at radius 2 is 2.20 bits per heavy atom. The first-order valence-electron chi connectivity index (χ1n) is 8.99. The standard InChI is InChI=1S/C18H24N4OS2/c1-10(14-9-12-5-6-13(14)8-12)22-17(15-4-3-7-24-15)20-21-18(22)25-11(2)16(19)23/h3-4,7,10-14H,5-6,8-9H2,1-2H3,(H2,19,23). The van der Waals surface area contributed by atoms with E-state index < -0.39 is 0 Å². The number of thiophene rings is 1. The molecule has 2 saturated carbocycles. The summed E-state index contributed by atoms with van der Waals surface area (Å²) in [5.74, 6) is 3.01. The van der Waals surface area contributed by atoms with Crippen molar-refractivity contribution < 1.29 is 4.79 Å². The summed E-state index contributed by atoms with van der Waals surface area (Å²) in [6, 6.07) is 4.47. The molecule has 4 rings (SSSR count). The Balaban J connectivity index is 1.69. The summed E-state index contributed by atoms with van der Waals surface area (Å²) in [5, 5.41) is 11.5. The Labute approximate surface area is 156 Å². The Morgan fingerprint density at radius 3 is 2.80 bits per heavy atom. The van der Waals surface area contributed by atoms with Crippen molar-refractivity contribution >= 4 is 29.0 Å². The summed E-state index contributed by atoms with van der Waals surface area (Å²) >= 11 is 3.10. The average molecular weight is 377 g/mol. The van der Waals surface area contributed by atoms with Crippen LogP contribution < -0.4 is 5.73 Å². The van der Waals surface area contributed by atoms with Crippen molar-refractivity contribution in [2.24, 2.45) is 23.5 Å². The van der Waals surface area contributed by atoms with Gasteiger partial charge >= 0.3 is 0 Å². The Kier molecular flexibility index (Phi) is 4.62. The first-order valence-corrected chi connectivity index (χ1v) is 10.7. The molecule has 134 valence electrons. The number of amides is 1. The number of nitrogens with two attached hydrogens (primary N) is 1. The summed E-state index contributed by atoms with van der Waals surface area (Å²) in [5.41, 5.74) is 5.47. The van der Waals surface area contributed by atoms with Crippen LogP contribution in [0.4, 0.5) is 0 Å². The van der Waals surface area contributed by atoms with Gasteiger partial charge in [0.05, 0.1) is 10.1 Å². The number of aromatic nitrogens is 3. The molecule has 0 saturated heterocycles. The fourth-order valence-electron chi connectivity index (χ4n) is 4.59. The molecule has 2 heterocycles. The van der Waals surface area contributed by atoms with E-state index in [1.165, 1.54) is 37.4 Å². The highest BCUT2D eigenvalue weighted by atomic mass is 32.2. The van der Waals surface area contributed by atoms with Crippen LogP contribution in [0.1, 0.15) is 45.6 Å². The maximum absolute atomic E-state index is 11.5. The van der Waals surface area contributed by atoms with E-state index in [0.29, 0.717) is 12.0 Å². The quantitative estimate of drug-likeness (QED) is 0.774. The average Bonchev–Trinajstić information content (AvgIpc) is 3.36. The monoisotopic (exact) mass is 376 g/mol.